The summed E-state index contributed by atoms with van der Waals surface area (Å²) in [6.07, 6.45) is 4.67. The second-order valence-electron chi connectivity index (χ2n) is 5.33. The van der Waals surface area contributed by atoms with Crippen LogP contribution in [0, 0.1) is 6.92 Å². The van der Waals surface area contributed by atoms with E-state index in [1.807, 2.05) is 0 Å². The lowest BCUT2D eigenvalue weighted by molar-refractivity contribution is -0.134. The average molecular weight is 356 g/mol. The maximum atomic E-state index is 12.1. The van der Waals surface area contributed by atoms with E-state index >= 15 is 0 Å². The molecule has 1 heterocycles. The standard InChI is InChI=1S/C15H22ClN5O3/c1-3-4-7-21-15(16)11(10(2)19-21)5-6-14(24)20(8-12(17)22)9-13(18)23/h5-6H,3-4,7-9H2,1-2H3,(H2,17,22)(H2,18,23). The summed E-state index contributed by atoms with van der Waals surface area (Å²) in [6.45, 7) is 3.75. The number of nitrogens with two attached hydrogens (primary N) is 2. The van der Waals surface area contributed by atoms with E-state index in [2.05, 4.69) is 12.0 Å². The van der Waals surface area contributed by atoms with Crippen molar-refractivity contribution in [2.45, 2.75) is 33.2 Å². The smallest absolute Gasteiger partial charge is 0.247 e. The van der Waals surface area contributed by atoms with Gasteiger partial charge in [0.2, 0.25) is 17.7 Å². The minimum Gasteiger partial charge on any atom is -0.368 e. The van der Waals surface area contributed by atoms with Crippen molar-refractivity contribution in [2.75, 3.05) is 13.1 Å². The molecular weight excluding hydrogens is 334 g/mol. The van der Waals surface area contributed by atoms with Crippen LogP contribution in [0.4, 0.5) is 0 Å². The van der Waals surface area contributed by atoms with Gasteiger partial charge < -0.3 is 16.4 Å². The Kier molecular flexibility index (Phi) is 7.44. The molecule has 24 heavy (non-hydrogen) atoms. The van der Waals surface area contributed by atoms with Gasteiger partial charge in [0.05, 0.1) is 5.69 Å². The first-order valence-corrected chi connectivity index (χ1v) is 7.90. The van der Waals surface area contributed by atoms with Crippen LogP contribution in [0.2, 0.25) is 5.15 Å². The molecule has 0 bridgehead atoms. The van der Waals surface area contributed by atoms with Crippen LogP contribution in [0.1, 0.15) is 31.0 Å². The molecule has 0 fully saturated rings. The Morgan fingerprint density at radius 3 is 2.33 bits per heavy atom. The van der Waals surface area contributed by atoms with E-state index in [0.29, 0.717) is 23.0 Å². The van der Waals surface area contributed by atoms with Gasteiger partial charge in [0.25, 0.3) is 0 Å². The first-order valence-electron chi connectivity index (χ1n) is 7.52. The summed E-state index contributed by atoms with van der Waals surface area (Å²) in [6, 6.07) is 0. The Labute approximate surface area is 145 Å². The molecule has 1 aromatic heterocycles. The van der Waals surface area contributed by atoms with Gasteiger partial charge in [0.1, 0.15) is 18.2 Å². The monoisotopic (exact) mass is 355 g/mol. The van der Waals surface area contributed by atoms with Gasteiger partial charge >= 0.3 is 0 Å². The van der Waals surface area contributed by atoms with Gasteiger partial charge in [-0.25, -0.2) is 0 Å². The summed E-state index contributed by atoms with van der Waals surface area (Å²) in [5.74, 6) is -2.04. The third-order valence-corrected chi connectivity index (χ3v) is 3.63. The normalized spacial score (nSPS) is 11.0. The topological polar surface area (TPSA) is 124 Å². The van der Waals surface area contributed by atoms with E-state index in [1.165, 1.54) is 12.2 Å². The Balaban J connectivity index is 2.93. The zero-order valence-corrected chi connectivity index (χ0v) is 14.5. The quantitative estimate of drug-likeness (QED) is 0.624. The first-order chi connectivity index (χ1) is 11.3. The van der Waals surface area contributed by atoms with Gasteiger partial charge in [-0.1, -0.05) is 24.9 Å². The van der Waals surface area contributed by atoms with Crippen LogP contribution >= 0.6 is 11.6 Å². The summed E-state index contributed by atoms with van der Waals surface area (Å²) in [5, 5.41) is 4.76. The fourth-order valence-electron chi connectivity index (χ4n) is 2.06. The lowest BCUT2D eigenvalue weighted by atomic mass is 10.2. The molecule has 1 aromatic rings. The summed E-state index contributed by atoms with van der Waals surface area (Å²) < 4.78 is 1.68. The van der Waals surface area contributed by atoms with Gasteiger partial charge in [-0.2, -0.15) is 5.10 Å². The van der Waals surface area contributed by atoms with Crippen LogP contribution in [-0.2, 0) is 20.9 Å². The van der Waals surface area contributed by atoms with Crippen LogP contribution in [-0.4, -0.2) is 45.5 Å². The number of hydrogen-bond donors (Lipinski definition) is 2. The molecule has 0 aliphatic rings. The van der Waals surface area contributed by atoms with Crippen molar-refractivity contribution in [3.63, 3.8) is 0 Å². The number of primary amides is 2. The fourth-order valence-corrected chi connectivity index (χ4v) is 2.38. The zero-order valence-electron chi connectivity index (χ0n) is 13.8. The van der Waals surface area contributed by atoms with Crippen molar-refractivity contribution >= 4 is 35.4 Å². The van der Waals surface area contributed by atoms with Crippen LogP contribution < -0.4 is 11.5 Å². The third-order valence-electron chi connectivity index (χ3n) is 3.23. The van der Waals surface area contributed by atoms with Crippen molar-refractivity contribution in [1.82, 2.24) is 14.7 Å². The predicted octanol–water partition coefficient (Wildman–Crippen LogP) is 0.457. The van der Waals surface area contributed by atoms with Gasteiger partial charge in [-0.05, 0) is 19.4 Å². The summed E-state index contributed by atoms with van der Waals surface area (Å²) in [7, 11) is 0. The second-order valence-corrected chi connectivity index (χ2v) is 5.68. The lowest BCUT2D eigenvalue weighted by Gasteiger charge is -2.17. The van der Waals surface area contributed by atoms with Crippen molar-refractivity contribution in [2.24, 2.45) is 11.5 Å². The molecule has 9 heteroatoms. The number of aromatic nitrogens is 2. The van der Waals surface area contributed by atoms with E-state index in [4.69, 9.17) is 23.1 Å². The lowest BCUT2D eigenvalue weighted by Crippen LogP contribution is -2.42. The molecule has 0 aromatic carbocycles. The van der Waals surface area contributed by atoms with E-state index in [1.54, 1.807) is 11.6 Å². The number of aryl methyl sites for hydroxylation is 2. The molecule has 0 atom stereocenters. The number of amides is 3. The maximum Gasteiger partial charge on any atom is 0.247 e. The molecule has 0 radical (unpaired) electrons. The number of rotatable bonds is 9. The molecular formula is C15H22ClN5O3. The van der Waals surface area contributed by atoms with Crippen LogP contribution in [0.25, 0.3) is 6.08 Å². The number of halogens is 1. The highest BCUT2D eigenvalue weighted by Gasteiger charge is 2.17. The molecule has 1 rings (SSSR count). The number of nitrogens with zero attached hydrogens (tertiary/aromatic N) is 3. The van der Waals surface area contributed by atoms with Gasteiger partial charge in [0, 0.05) is 18.2 Å². The highest BCUT2D eigenvalue weighted by atomic mass is 35.5. The highest BCUT2D eigenvalue weighted by Crippen LogP contribution is 2.21. The van der Waals surface area contributed by atoms with Crippen molar-refractivity contribution in [1.29, 1.82) is 0 Å². The third kappa shape index (κ3) is 5.69. The Hall–Kier alpha value is -2.35. The Morgan fingerprint density at radius 2 is 1.83 bits per heavy atom. The van der Waals surface area contributed by atoms with Crippen LogP contribution in [0.3, 0.4) is 0 Å². The van der Waals surface area contributed by atoms with Gasteiger partial charge in [0.15, 0.2) is 0 Å². The average Bonchev–Trinajstić information content (AvgIpc) is 2.75. The number of carbonyl (C=O) groups is 3. The Bertz CT molecular complexity index is 638. The summed E-state index contributed by atoms with van der Waals surface area (Å²) in [4.78, 5) is 35.1. The maximum absolute atomic E-state index is 12.1. The molecule has 0 aliphatic carbocycles. The molecule has 0 aliphatic heterocycles. The number of hydrogen-bond acceptors (Lipinski definition) is 4. The molecule has 4 N–H and O–H groups in total. The molecule has 0 unspecified atom stereocenters. The molecule has 132 valence electrons. The summed E-state index contributed by atoms with van der Waals surface area (Å²) in [5.41, 5.74) is 11.4. The van der Waals surface area contributed by atoms with Crippen LogP contribution in [0.15, 0.2) is 6.08 Å². The van der Waals surface area contributed by atoms with Crippen LogP contribution in [0.5, 0.6) is 0 Å². The van der Waals surface area contributed by atoms with Crippen molar-refractivity contribution in [3.05, 3.63) is 22.5 Å². The van der Waals surface area contributed by atoms with E-state index in [0.717, 1.165) is 17.7 Å². The first kappa shape index (κ1) is 19.7. The minimum atomic E-state index is -0.736. The molecule has 3 amide bonds. The fraction of sp³-hybridized carbons (Fsp3) is 0.467. The molecule has 0 saturated carbocycles. The second kappa shape index (κ2) is 9.07. The predicted molar refractivity (Wildman–Crippen MR) is 90.9 cm³/mol. The minimum absolute atomic E-state index is 0.394. The SMILES string of the molecule is CCCCn1nc(C)c(C=CC(=O)N(CC(N)=O)CC(N)=O)c1Cl. The number of carbonyl (C=O) groups excluding carboxylic acids is 3. The van der Waals surface area contributed by atoms with Crippen molar-refractivity contribution in [3.8, 4) is 0 Å². The van der Waals surface area contributed by atoms with E-state index < -0.39 is 30.8 Å². The molecule has 8 nitrogen and oxygen atoms in total. The number of unbranched alkanes of at least 4 members (excludes halogenated alkanes) is 1. The zero-order chi connectivity index (χ0) is 18.3. The van der Waals surface area contributed by atoms with E-state index in [9.17, 15) is 14.4 Å². The highest BCUT2D eigenvalue weighted by molar-refractivity contribution is 6.31. The van der Waals surface area contributed by atoms with Gasteiger partial charge in [-0.3, -0.25) is 19.1 Å². The van der Waals surface area contributed by atoms with E-state index in [-0.39, 0.29) is 0 Å². The van der Waals surface area contributed by atoms with Gasteiger partial charge in [-0.15, -0.1) is 0 Å². The molecule has 0 spiro atoms. The molecule has 0 saturated heterocycles. The summed E-state index contributed by atoms with van der Waals surface area (Å²) >= 11 is 6.27. The largest absolute Gasteiger partial charge is 0.368 e. The van der Waals surface area contributed by atoms with Crippen molar-refractivity contribution < 1.29 is 14.4 Å². The Morgan fingerprint density at radius 1 is 1.25 bits per heavy atom.